The van der Waals surface area contributed by atoms with Crippen LogP contribution in [0.15, 0.2) is 0 Å². The number of hydrogen-bond acceptors (Lipinski definition) is 5. The summed E-state index contributed by atoms with van der Waals surface area (Å²) in [4.78, 5) is 14.3. The van der Waals surface area contributed by atoms with Gasteiger partial charge < -0.3 is 15.3 Å². The number of thioether (sulfide) groups is 1. The highest BCUT2D eigenvalue weighted by Crippen LogP contribution is 2.27. The number of aliphatic hydroxyl groups excluding tert-OH is 1. The highest BCUT2D eigenvalue weighted by molar-refractivity contribution is 7.99. The smallest absolute Gasteiger partial charge is 0.318 e. The molecule has 0 aromatic carbocycles. The van der Waals surface area contributed by atoms with Crippen molar-refractivity contribution in [2.75, 3.05) is 12.8 Å². The minimum atomic E-state index is -0.137. The number of amides is 2. The zero-order valence-corrected chi connectivity index (χ0v) is 13.7. The third-order valence-electron chi connectivity index (χ3n) is 4.59. The van der Waals surface area contributed by atoms with Crippen LogP contribution in [0.25, 0.3) is 0 Å². The van der Waals surface area contributed by atoms with E-state index in [0.717, 1.165) is 12.1 Å². The molecule has 1 aliphatic heterocycles. The maximum atomic E-state index is 12.6. The van der Waals surface area contributed by atoms with E-state index in [4.69, 9.17) is 0 Å². The highest BCUT2D eigenvalue weighted by atomic mass is 32.2. The van der Waals surface area contributed by atoms with Crippen molar-refractivity contribution >= 4 is 17.8 Å². The Hall–Kier alpha value is -1.28. The molecule has 1 aromatic heterocycles. The summed E-state index contributed by atoms with van der Waals surface area (Å²) in [5.74, 6) is 0. The lowest BCUT2D eigenvalue weighted by atomic mass is 9.95. The molecule has 122 valence electrons. The molecule has 0 saturated heterocycles. The molecule has 22 heavy (non-hydrogen) atoms. The number of carbonyl (C=O) groups excluding carboxylic acids is 1. The number of hydrogen-bond donors (Lipinski definition) is 2. The maximum absolute atomic E-state index is 12.6. The second kappa shape index (κ2) is 6.87. The summed E-state index contributed by atoms with van der Waals surface area (Å²) in [7, 11) is 0. The van der Waals surface area contributed by atoms with E-state index >= 15 is 0 Å². The molecular weight excluding hydrogens is 302 g/mol. The SMILES string of the molecule is CS[C@@H]1CCCC[C@H]1NC(=O)N1CCn2nnc(CO)c2C1. The van der Waals surface area contributed by atoms with Crippen LogP contribution in [-0.4, -0.2) is 55.1 Å². The summed E-state index contributed by atoms with van der Waals surface area (Å²) in [6, 6.07) is 0.251. The summed E-state index contributed by atoms with van der Waals surface area (Å²) in [6.45, 7) is 1.59. The van der Waals surface area contributed by atoms with E-state index in [2.05, 4.69) is 21.9 Å². The lowest BCUT2D eigenvalue weighted by Crippen LogP contribution is -2.51. The number of rotatable bonds is 3. The fourth-order valence-electron chi connectivity index (χ4n) is 3.29. The summed E-state index contributed by atoms with van der Waals surface area (Å²) < 4.78 is 1.78. The monoisotopic (exact) mass is 325 g/mol. The third-order valence-corrected chi connectivity index (χ3v) is 5.76. The molecular formula is C14H23N5O2S. The Morgan fingerprint density at radius 2 is 2.23 bits per heavy atom. The lowest BCUT2D eigenvalue weighted by Gasteiger charge is -2.34. The standard InChI is InChI=1S/C14H23N5O2S/c1-22-13-5-3-2-4-10(13)15-14(21)18-6-7-19-12(8-18)11(9-20)16-17-19/h10,13,20H,2-9H2,1H3,(H,15,21)/t10-,13-/m1/s1. The van der Waals surface area contributed by atoms with Crippen molar-refractivity contribution in [3.05, 3.63) is 11.4 Å². The maximum Gasteiger partial charge on any atom is 0.318 e. The number of nitrogens with zero attached hydrogens (tertiary/aromatic N) is 4. The Labute approximate surface area is 134 Å². The van der Waals surface area contributed by atoms with E-state index in [1.807, 2.05) is 11.8 Å². The van der Waals surface area contributed by atoms with Crippen LogP contribution in [0.1, 0.15) is 37.1 Å². The third kappa shape index (κ3) is 3.08. The average Bonchev–Trinajstić information content (AvgIpc) is 2.97. The van der Waals surface area contributed by atoms with Gasteiger partial charge in [-0.1, -0.05) is 18.1 Å². The van der Waals surface area contributed by atoms with E-state index in [1.165, 1.54) is 19.3 Å². The number of fused-ring (bicyclic) bond motifs is 1. The number of urea groups is 1. The number of aliphatic hydroxyl groups is 1. The van der Waals surface area contributed by atoms with Crippen LogP contribution >= 0.6 is 11.8 Å². The molecule has 2 aliphatic rings. The van der Waals surface area contributed by atoms with Gasteiger partial charge in [0.25, 0.3) is 0 Å². The summed E-state index contributed by atoms with van der Waals surface area (Å²) in [5, 5.41) is 21.0. The highest BCUT2D eigenvalue weighted by Gasteiger charge is 2.29. The van der Waals surface area contributed by atoms with Crippen LogP contribution in [0.5, 0.6) is 0 Å². The normalized spacial score (nSPS) is 24.9. The molecule has 0 unspecified atom stereocenters. The van der Waals surface area contributed by atoms with E-state index in [9.17, 15) is 9.90 Å². The zero-order chi connectivity index (χ0) is 15.5. The van der Waals surface area contributed by atoms with Crippen LogP contribution < -0.4 is 5.32 Å². The van der Waals surface area contributed by atoms with Gasteiger partial charge in [-0.15, -0.1) is 5.10 Å². The summed E-state index contributed by atoms with van der Waals surface area (Å²) >= 11 is 1.85. The Morgan fingerprint density at radius 3 is 3.00 bits per heavy atom. The van der Waals surface area contributed by atoms with Crippen LogP contribution in [0.3, 0.4) is 0 Å². The Morgan fingerprint density at radius 1 is 1.41 bits per heavy atom. The number of aromatic nitrogens is 3. The van der Waals surface area contributed by atoms with Gasteiger partial charge in [-0.25, -0.2) is 9.48 Å². The molecule has 2 N–H and O–H groups in total. The Balaban J connectivity index is 1.63. The largest absolute Gasteiger partial charge is 0.390 e. The van der Waals surface area contributed by atoms with Gasteiger partial charge in [-0.05, 0) is 19.1 Å². The van der Waals surface area contributed by atoms with Crippen LogP contribution in [0.2, 0.25) is 0 Å². The quantitative estimate of drug-likeness (QED) is 0.865. The zero-order valence-electron chi connectivity index (χ0n) is 12.9. The molecule has 8 heteroatoms. The van der Waals surface area contributed by atoms with Crippen molar-refractivity contribution in [1.82, 2.24) is 25.2 Å². The first-order valence-electron chi connectivity index (χ1n) is 7.83. The van der Waals surface area contributed by atoms with Crippen molar-refractivity contribution in [2.45, 2.75) is 56.7 Å². The Kier molecular flexibility index (Phi) is 4.87. The second-order valence-corrected chi connectivity index (χ2v) is 6.98. The predicted molar refractivity (Wildman–Crippen MR) is 84.4 cm³/mol. The summed E-state index contributed by atoms with van der Waals surface area (Å²) in [5.41, 5.74) is 1.41. The molecule has 1 aromatic rings. The van der Waals surface area contributed by atoms with Crippen molar-refractivity contribution in [1.29, 1.82) is 0 Å². The van der Waals surface area contributed by atoms with Crippen molar-refractivity contribution in [3.63, 3.8) is 0 Å². The van der Waals surface area contributed by atoms with Gasteiger partial charge in [0, 0.05) is 17.8 Å². The van der Waals surface area contributed by atoms with E-state index in [-0.39, 0.29) is 18.7 Å². The minimum absolute atomic E-state index is 0.0118. The molecule has 3 rings (SSSR count). The van der Waals surface area contributed by atoms with Gasteiger partial charge in [-0.2, -0.15) is 11.8 Å². The van der Waals surface area contributed by atoms with Gasteiger partial charge in [0.1, 0.15) is 5.69 Å². The molecule has 1 aliphatic carbocycles. The number of nitrogens with one attached hydrogen (secondary N) is 1. The fourth-order valence-corrected chi connectivity index (χ4v) is 4.22. The molecule has 0 spiro atoms. The molecule has 2 heterocycles. The lowest BCUT2D eigenvalue weighted by molar-refractivity contribution is 0.173. The second-order valence-electron chi connectivity index (χ2n) is 5.90. The van der Waals surface area contributed by atoms with Crippen LogP contribution in [-0.2, 0) is 19.7 Å². The topological polar surface area (TPSA) is 83.3 Å². The van der Waals surface area contributed by atoms with Gasteiger partial charge in [0.05, 0.1) is 25.4 Å². The molecule has 7 nitrogen and oxygen atoms in total. The molecule has 2 atom stereocenters. The minimum Gasteiger partial charge on any atom is -0.390 e. The molecule has 0 bridgehead atoms. The average molecular weight is 325 g/mol. The molecule has 1 saturated carbocycles. The molecule has 2 amide bonds. The first-order valence-corrected chi connectivity index (χ1v) is 9.12. The van der Waals surface area contributed by atoms with Gasteiger partial charge in [0.15, 0.2) is 0 Å². The Bertz CT molecular complexity index is 522. The first kappa shape index (κ1) is 15.6. The van der Waals surface area contributed by atoms with Crippen LogP contribution in [0.4, 0.5) is 4.79 Å². The van der Waals surface area contributed by atoms with Gasteiger partial charge in [-0.3, -0.25) is 0 Å². The predicted octanol–water partition coefficient (Wildman–Crippen LogP) is 0.970. The van der Waals surface area contributed by atoms with Gasteiger partial charge in [0.2, 0.25) is 0 Å². The molecule has 0 radical (unpaired) electrons. The van der Waals surface area contributed by atoms with E-state index in [1.54, 1.807) is 9.58 Å². The molecule has 1 fully saturated rings. The van der Waals surface area contributed by atoms with Gasteiger partial charge >= 0.3 is 6.03 Å². The van der Waals surface area contributed by atoms with E-state index in [0.29, 0.717) is 30.6 Å². The summed E-state index contributed by atoms with van der Waals surface area (Å²) in [6.07, 6.45) is 6.80. The van der Waals surface area contributed by atoms with Crippen molar-refractivity contribution in [3.8, 4) is 0 Å². The number of carbonyl (C=O) groups is 1. The van der Waals surface area contributed by atoms with Crippen molar-refractivity contribution in [2.24, 2.45) is 0 Å². The van der Waals surface area contributed by atoms with Crippen LogP contribution in [0, 0.1) is 0 Å². The van der Waals surface area contributed by atoms with E-state index < -0.39 is 0 Å². The first-order chi connectivity index (χ1) is 10.7. The fraction of sp³-hybridized carbons (Fsp3) is 0.786. The van der Waals surface area contributed by atoms with Crippen molar-refractivity contribution < 1.29 is 9.90 Å².